The summed E-state index contributed by atoms with van der Waals surface area (Å²) in [4.78, 5) is 32.5. The van der Waals surface area contributed by atoms with E-state index in [1.807, 2.05) is 4.90 Å². The van der Waals surface area contributed by atoms with Gasteiger partial charge in [0.05, 0.1) is 109 Å². The molecule has 0 atom stereocenters. The molecule has 0 fully saturated rings. The molecule has 0 amide bonds. The number of aliphatic hydroxyl groups is 4. The first-order chi connectivity index (χ1) is 24.3. The van der Waals surface area contributed by atoms with Crippen LogP contribution in [0.3, 0.4) is 0 Å². The Bertz CT molecular complexity index is 1140. The van der Waals surface area contributed by atoms with Gasteiger partial charge in [-0.3, -0.25) is 24.5 Å². The van der Waals surface area contributed by atoms with Crippen LogP contribution in [0.4, 0.5) is 0 Å². The van der Waals surface area contributed by atoms with E-state index in [2.05, 4.69) is 14.7 Å². The molecule has 0 radical (unpaired) electrons. The summed E-state index contributed by atoms with van der Waals surface area (Å²) in [6.07, 6.45) is 3.17. The van der Waals surface area contributed by atoms with Crippen LogP contribution >= 0.6 is 0 Å². The van der Waals surface area contributed by atoms with Crippen LogP contribution in [0.1, 0.15) is 54.9 Å². The Kier molecular flexibility index (Phi) is 26.1. The van der Waals surface area contributed by atoms with Crippen molar-refractivity contribution in [2.45, 2.75) is 58.5 Å². The summed E-state index contributed by atoms with van der Waals surface area (Å²) in [5.74, 6) is 0.638. The summed E-state index contributed by atoms with van der Waals surface area (Å²) in [7, 11) is 4.37. The summed E-state index contributed by atoms with van der Waals surface area (Å²) in [6, 6.07) is 6.55. The molecule has 2 rings (SSSR count). The standard InChI is InChI=1S/C20H34N2O8.C14H21NO5/c1-26-9-10-29-12-11-28-7-5-22(4-3-20(25)27-2)6-8-30-19-13-17(15-23)21-18(14-19)16-24;1-19-14(18)5-3-2-4-6-20-13-7-11(9-16)15-12(8-13)10-17/h13-14,23-24H,3-12,15-16H2,1-2H3;7-8,16-17H,2-6,9-10H2,1H3. The quantitative estimate of drug-likeness (QED) is 0.0757. The third-order valence-corrected chi connectivity index (χ3v) is 6.87. The number of aromatic nitrogens is 2. The van der Waals surface area contributed by atoms with Gasteiger partial charge in [-0.25, -0.2) is 0 Å². The Morgan fingerprint density at radius 3 is 1.52 bits per heavy atom. The largest absolute Gasteiger partial charge is 0.493 e. The van der Waals surface area contributed by atoms with Crippen molar-refractivity contribution in [3.63, 3.8) is 0 Å². The first-order valence-electron chi connectivity index (χ1n) is 16.5. The average molecular weight is 714 g/mol. The molecule has 0 aromatic carbocycles. The number of rotatable bonds is 27. The first-order valence-corrected chi connectivity index (χ1v) is 16.5. The maximum atomic E-state index is 11.5. The van der Waals surface area contributed by atoms with Crippen molar-refractivity contribution >= 4 is 11.9 Å². The Morgan fingerprint density at radius 2 is 1.02 bits per heavy atom. The highest BCUT2D eigenvalue weighted by atomic mass is 16.5. The minimum Gasteiger partial charge on any atom is -0.493 e. The second kappa shape index (κ2) is 29.3. The van der Waals surface area contributed by atoms with E-state index in [9.17, 15) is 19.8 Å². The van der Waals surface area contributed by atoms with E-state index in [1.165, 1.54) is 14.2 Å². The summed E-state index contributed by atoms with van der Waals surface area (Å²) in [5, 5.41) is 36.6. The van der Waals surface area contributed by atoms with Gasteiger partial charge in [0.1, 0.15) is 18.1 Å². The molecule has 0 aliphatic carbocycles. The van der Waals surface area contributed by atoms with Crippen LogP contribution in [0.25, 0.3) is 0 Å². The van der Waals surface area contributed by atoms with Crippen molar-refractivity contribution < 1.29 is 63.2 Å². The molecular weight excluding hydrogens is 658 g/mol. The fourth-order valence-electron chi connectivity index (χ4n) is 4.21. The number of unbranched alkanes of at least 4 members (excludes halogenated alkanes) is 2. The van der Waals surface area contributed by atoms with Gasteiger partial charge in [-0.05, 0) is 19.3 Å². The molecule has 16 heteroatoms. The number of aliphatic hydroxyl groups excluding tert-OH is 4. The number of carbonyl (C=O) groups is 2. The van der Waals surface area contributed by atoms with Crippen molar-refractivity contribution in [3.8, 4) is 11.5 Å². The molecule has 0 bridgehead atoms. The maximum absolute atomic E-state index is 11.5. The van der Waals surface area contributed by atoms with Gasteiger partial charge >= 0.3 is 11.9 Å². The smallest absolute Gasteiger partial charge is 0.306 e. The van der Waals surface area contributed by atoms with Gasteiger partial charge in [-0.1, -0.05) is 0 Å². The van der Waals surface area contributed by atoms with E-state index in [-0.39, 0.29) is 44.8 Å². The van der Waals surface area contributed by atoms with E-state index in [4.69, 9.17) is 38.6 Å². The number of pyridine rings is 2. The first kappa shape index (κ1) is 44.5. The van der Waals surface area contributed by atoms with Crippen molar-refractivity contribution in [2.24, 2.45) is 0 Å². The van der Waals surface area contributed by atoms with Crippen molar-refractivity contribution in [3.05, 3.63) is 47.0 Å². The molecule has 0 aliphatic rings. The average Bonchev–Trinajstić information content (AvgIpc) is 3.15. The van der Waals surface area contributed by atoms with Gasteiger partial charge < -0.3 is 53.6 Å². The monoisotopic (exact) mass is 713 g/mol. The van der Waals surface area contributed by atoms with E-state index in [0.29, 0.717) is 107 Å². The Hall–Kier alpha value is -3.48. The van der Waals surface area contributed by atoms with Crippen LogP contribution in [0.15, 0.2) is 24.3 Å². The van der Waals surface area contributed by atoms with E-state index < -0.39 is 0 Å². The molecule has 0 aliphatic heterocycles. The molecule has 0 spiro atoms. The lowest BCUT2D eigenvalue weighted by atomic mass is 10.2. The minimum atomic E-state index is -0.275. The Balaban J connectivity index is 0.000000542. The fraction of sp³-hybridized carbons (Fsp3) is 0.647. The summed E-state index contributed by atoms with van der Waals surface area (Å²) in [6.45, 7) is 4.29. The molecule has 0 saturated carbocycles. The van der Waals surface area contributed by atoms with Gasteiger partial charge in [0, 0.05) is 57.4 Å². The van der Waals surface area contributed by atoms with Gasteiger partial charge in [0.15, 0.2) is 0 Å². The van der Waals surface area contributed by atoms with Gasteiger partial charge in [-0.15, -0.1) is 0 Å². The molecule has 2 heterocycles. The molecule has 2 aromatic rings. The third kappa shape index (κ3) is 21.6. The van der Waals surface area contributed by atoms with E-state index >= 15 is 0 Å². The lowest BCUT2D eigenvalue weighted by Crippen LogP contribution is -2.34. The SMILES string of the molecule is COC(=O)CCCCCOc1cc(CO)nc(CO)c1.COCCOCCOCCN(CCOc1cc(CO)nc(CO)c1)CCC(=O)OC. The van der Waals surface area contributed by atoms with Crippen LogP contribution in [0, 0.1) is 0 Å². The lowest BCUT2D eigenvalue weighted by Gasteiger charge is -2.22. The second-order valence-electron chi connectivity index (χ2n) is 10.7. The molecule has 4 N–H and O–H groups in total. The van der Waals surface area contributed by atoms with Crippen LogP contribution in [-0.2, 0) is 59.7 Å². The summed E-state index contributed by atoms with van der Waals surface area (Å²) < 4.78 is 36.4. The highest BCUT2D eigenvalue weighted by Crippen LogP contribution is 2.16. The number of hydrogen-bond acceptors (Lipinski definition) is 16. The predicted octanol–water partition coefficient (Wildman–Crippen LogP) is 1.17. The topological polar surface area (TPSA) is 209 Å². The molecule has 50 heavy (non-hydrogen) atoms. The predicted molar refractivity (Wildman–Crippen MR) is 180 cm³/mol. The second-order valence-corrected chi connectivity index (χ2v) is 10.7. The molecule has 0 saturated heterocycles. The molecular formula is C34H55N3O13. The molecule has 2 aromatic heterocycles. The maximum Gasteiger partial charge on any atom is 0.306 e. The zero-order valence-electron chi connectivity index (χ0n) is 29.5. The lowest BCUT2D eigenvalue weighted by molar-refractivity contribution is -0.141. The summed E-state index contributed by atoms with van der Waals surface area (Å²) in [5.41, 5.74) is 1.80. The number of nitrogens with zero attached hydrogens (tertiary/aromatic N) is 3. The van der Waals surface area contributed by atoms with Crippen molar-refractivity contribution in [2.75, 3.05) is 87.2 Å². The number of esters is 2. The number of hydrogen-bond donors (Lipinski definition) is 4. The zero-order valence-corrected chi connectivity index (χ0v) is 29.5. The zero-order chi connectivity index (χ0) is 36.8. The fourth-order valence-corrected chi connectivity index (χ4v) is 4.21. The van der Waals surface area contributed by atoms with Crippen molar-refractivity contribution in [1.29, 1.82) is 0 Å². The van der Waals surface area contributed by atoms with E-state index in [1.54, 1.807) is 31.4 Å². The van der Waals surface area contributed by atoms with Crippen LogP contribution < -0.4 is 9.47 Å². The highest BCUT2D eigenvalue weighted by molar-refractivity contribution is 5.69. The number of methoxy groups -OCH3 is 3. The van der Waals surface area contributed by atoms with E-state index in [0.717, 1.165) is 19.3 Å². The van der Waals surface area contributed by atoms with Gasteiger partial charge in [0.25, 0.3) is 0 Å². The molecule has 16 nitrogen and oxygen atoms in total. The Morgan fingerprint density at radius 1 is 0.560 bits per heavy atom. The minimum absolute atomic E-state index is 0.191. The summed E-state index contributed by atoms with van der Waals surface area (Å²) >= 11 is 0. The van der Waals surface area contributed by atoms with Crippen LogP contribution in [-0.4, -0.2) is 134 Å². The van der Waals surface area contributed by atoms with Crippen molar-refractivity contribution in [1.82, 2.24) is 14.9 Å². The number of ether oxygens (including phenoxy) is 7. The van der Waals surface area contributed by atoms with Crippen LogP contribution in [0.2, 0.25) is 0 Å². The van der Waals surface area contributed by atoms with Gasteiger partial charge in [-0.2, -0.15) is 0 Å². The molecule has 0 unspecified atom stereocenters. The highest BCUT2D eigenvalue weighted by Gasteiger charge is 2.10. The van der Waals surface area contributed by atoms with Gasteiger partial charge in [0.2, 0.25) is 0 Å². The molecule has 284 valence electrons. The normalized spacial score (nSPS) is 10.8. The van der Waals surface area contributed by atoms with Crippen LogP contribution in [0.5, 0.6) is 11.5 Å². The Labute approximate surface area is 294 Å². The third-order valence-electron chi connectivity index (χ3n) is 6.87. The number of carbonyl (C=O) groups excluding carboxylic acids is 2.